The topological polar surface area (TPSA) is 146 Å². The van der Waals surface area contributed by atoms with Gasteiger partial charge in [-0.2, -0.15) is 23.1 Å². The highest BCUT2D eigenvalue weighted by molar-refractivity contribution is 7.90. The highest BCUT2D eigenvalue weighted by atomic mass is 32.2. The standard InChI is InChI=1S/C20H18F3N3O7S/c1-32-15-8-16(33-2)26-19(25-15)34(30,31)9-11-10(6-7-14(24-11)20(21,22)23)18(29)17-12(27)4-3-5-13(17)28/h6-8,27H,3-5,9H2,1-2H3. The van der Waals surface area contributed by atoms with Crippen LogP contribution in [-0.4, -0.2) is 54.3 Å². The molecule has 0 saturated heterocycles. The molecule has 10 nitrogen and oxygen atoms in total. The van der Waals surface area contributed by atoms with E-state index in [0.717, 1.165) is 6.07 Å². The summed E-state index contributed by atoms with van der Waals surface area (Å²) in [5.41, 5.74) is -3.43. The number of rotatable bonds is 7. The largest absolute Gasteiger partial charge is 0.511 e. The highest BCUT2D eigenvalue weighted by Crippen LogP contribution is 2.31. The molecule has 2 heterocycles. The normalized spacial score (nSPS) is 14.8. The fourth-order valence-corrected chi connectivity index (χ4v) is 4.34. The third-order valence-electron chi connectivity index (χ3n) is 4.80. The number of Topliss-reactive ketones (excluding diaryl/α,β-unsaturated/α-hetero) is 2. The van der Waals surface area contributed by atoms with Crippen LogP contribution >= 0.6 is 0 Å². The second-order valence-corrected chi connectivity index (χ2v) is 8.99. The quantitative estimate of drug-likeness (QED) is 0.341. The fraction of sp³-hybridized carbons (Fsp3) is 0.350. The second kappa shape index (κ2) is 9.37. The van der Waals surface area contributed by atoms with E-state index in [1.165, 1.54) is 20.3 Å². The van der Waals surface area contributed by atoms with Crippen LogP contribution in [0.1, 0.15) is 41.0 Å². The number of alkyl halides is 3. The lowest BCUT2D eigenvalue weighted by Gasteiger charge is -2.16. The summed E-state index contributed by atoms with van der Waals surface area (Å²) in [7, 11) is -2.18. The highest BCUT2D eigenvalue weighted by Gasteiger charge is 2.36. The van der Waals surface area contributed by atoms with Crippen molar-refractivity contribution in [3.05, 3.63) is 46.5 Å². The van der Waals surface area contributed by atoms with Crippen molar-refractivity contribution in [1.29, 1.82) is 0 Å². The Bertz CT molecular complexity index is 1270. The number of pyridine rings is 1. The molecule has 0 fully saturated rings. The van der Waals surface area contributed by atoms with Gasteiger partial charge in [0, 0.05) is 18.4 Å². The molecular weight excluding hydrogens is 483 g/mol. The van der Waals surface area contributed by atoms with E-state index in [1.807, 2.05) is 0 Å². The minimum atomic E-state index is -4.95. The Balaban J connectivity index is 2.14. The number of halogens is 3. The molecule has 2 aromatic heterocycles. The van der Waals surface area contributed by atoms with Crippen LogP contribution in [0.25, 0.3) is 0 Å². The number of ether oxygens (including phenoxy) is 2. The molecule has 0 aliphatic heterocycles. The number of methoxy groups -OCH3 is 2. The Morgan fingerprint density at radius 1 is 1.09 bits per heavy atom. The van der Waals surface area contributed by atoms with Crippen LogP contribution in [0.4, 0.5) is 13.2 Å². The fourth-order valence-electron chi connectivity index (χ4n) is 3.17. The summed E-state index contributed by atoms with van der Waals surface area (Å²) in [6.07, 6.45) is -4.68. The molecule has 34 heavy (non-hydrogen) atoms. The first-order valence-electron chi connectivity index (χ1n) is 9.64. The molecule has 0 unspecified atom stereocenters. The number of aliphatic hydroxyl groups excluding tert-OH is 1. The number of aliphatic hydroxyl groups is 1. The Morgan fingerprint density at radius 3 is 2.24 bits per heavy atom. The van der Waals surface area contributed by atoms with Gasteiger partial charge in [-0.25, -0.2) is 13.4 Å². The lowest BCUT2D eigenvalue weighted by atomic mass is 9.90. The number of aromatic nitrogens is 3. The molecule has 0 bridgehead atoms. The molecular formula is C20H18F3N3O7S. The first kappa shape index (κ1) is 25.1. The maximum atomic E-state index is 13.3. The van der Waals surface area contributed by atoms with Crippen LogP contribution in [0.2, 0.25) is 0 Å². The summed E-state index contributed by atoms with van der Waals surface area (Å²) in [5.74, 6) is -3.95. The van der Waals surface area contributed by atoms with Gasteiger partial charge >= 0.3 is 6.18 Å². The van der Waals surface area contributed by atoms with E-state index in [0.29, 0.717) is 12.5 Å². The number of nitrogens with zero attached hydrogens (tertiary/aromatic N) is 3. The number of carbonyl (C=O) groups is 2. The van der Waals surface area contributed by atoms with Crippen LogP contribution in [0, 0.1) is 0 Å². The number of carbonyl (C=O) groups excluding carboxylic acids is 2. The minimum Gasteiger partial charge on any atom is -0.511 e. The van der Waals surface area contributed by atoms with Gasteiger partial charge in [0.1, 0.15) is 22.8 Å². The van der Waals surface area contributed by atoms with Crippen molar-refractivity contribution in [2.75, 3.05) is 14.2 Å². The van der Waals surface area contributed by atoms with Gasteiger partial charge in [-0.15, -0.1) is 0 Å². The van der Waals surface area contributed by atoms with Gasteiger partial charge in [-0.3, -0.25) is 9.59 Å². The molecule has 182 valence electrons. The van der Waals surface area contributed by atoms with Gasteiger partial charge in [0.25, 0.3) is 5.16 Å². The van der Waals surface area contributed by atoms with Crippen molar-refractivity contribution in [3.8, 4) is 11.8 Å². The molecule has 2 aromatic rings. The Hall–Kier alpha value is -3.55. The summed E-state index contributed by atoms with van der Waals surface area (Å²) < 4.78 is 75.6. The molecule has 0 aromatic carbocycles. The zero-order valence-corrected chi connectivity index (χ0v) is 18.7. The van der Waals surface area contributed by atoms with Crippen LogP contribution in [0.15, 0.2) is 34.7 Å². The maximum Gasteiger partial charge on any atom is 0.433 e. The molecule has 0 atom stereocenters. The number of sulfone groups is 1. The molecule has 1 aliphatic rings. The van der Waals surface area contributed by atoms with Crippen LogP contribution in [-0.2, 0) is 26.6 Å². The van der Waals surface area contributed by atoms with Gasteiger partial charge in [0.05, 0.1) is 26.0 Å². The van der Waals surface area contributed by atoms with Crippen LogP contribution < -0.4 is 9.47 Å². The summed E-state index contributed by atoms with van der Waals surface area (Å²) in [6, 6.07) is 2.39. The van der Waals surface area contributed by atoms with Crippen molar-refractivity contribution >= 4 is 21.4 Å². The van der Waals surface area contributed by atoms with E-state index in [9.17, 15) is 36.3 Å². The lowest BCUT2D eigenvalue weighted by molar-refractivity contribution is -0.141. The van der Waals surface area contributed by atoms with E-state index in [-0.39, 0.29) is 24.6 Å². The average Bonchev–Trinajstić information content (AvgIpc) is 2.77. The first-order valence-corrected chi connectivity index (χ1v) is 11.3. The first-order chi connectivity index (χ1) is 15.9. The van der Waals surface area contributed by atoms with Crippen molar-refractivity contribution < 1.29 is 45.8 Å². The van der Waals surface area contributed by atoms with Crippen molar-refractivity contribution in [3.63, 3.8) is 0 Å². The van der Waals surface area contributed by atoms with Crippen LogP contribution in [0.5, 0.6) is 11.8 Å². The van der Waals surface area contributed by atoms with E-state index < -0.39 is 66.8 Å². The number of ketones is 2. The summed E-state index contributed by atoms with van der Waals surface area (Å²) in [4.78, 5) is 35.9. The van der Waals surface area contributed by atoms with Crippen LogP contribution in [0.3, 0.4) is 0 Å². The third kappa shape index (κ3) is 5.16. The monoisotopic (exact) mass is 501 g/mol. The Morgan fingerprint density at radius 2 is 1.71 bits per heavy atom. The average molecular weight is 501 g/mol. The molecule has 0 saturated carbocycles. The number of allylic oxidation sites excluding steroid dienone is 2. The smallest absolute Gasteiger partial charge is 0.433 e. The summed E-state index contributed by atoms with van der Waals surface area (Å²) in [5, 5.41) is 9.21. The zero-order valence-electron chi connectivity index (χ0n) is 17.8. The molecule has 0 radical (unpaired) electrons. The summed E-state index contributed by atoms with van der Waals surface area (Å²) >= 11 is 0. The molecule has 1 aliphatic carbocycles. The zero-order chi connectivity index (χ0) is 25.3. The molecule has 0 spiro atoms. The second-order valence-electron chi connectivity index (χ2n) is 7.11. The van der Waals surface area contributed by atoms with Gasteiger partial charge in [0.15, 0.2) is 5.78 Å². The Kier molecular flexibility index (Phi) is 6.91. The SMILES string of the molecule is COc1cc(OC)nc(S(=O)(=O)Cc2nc(C(F)(F)F)ccc2C(=O)C2=C(O)CCCC2=O)n1. The van der Waals surface area contributed by atoms with Gasteiger partial charge in [-0.1, -0.05) is 0 Å². The molecule has 3 rings (SSSR count). The predicted molar refractivity (Wildman–Crippen MR) is 108 cm³/mol. The van der Waals surface area contributed by atoms with E-state index >= 15 is 0 Å². The summed E-state index contributed by atoms with van der Waals surface area (Å²) in [6.45, 7) is 0. The van der Waals surface area contributed by atoms with Crippen molar-refractivity contribution in [1.82, 2.24) is 15.0 Å². The number of hydrogen-bond acceptors (Lipinski definition) is 10. The molecule has 1 N–H and O–H groups in total. The maximum absolute atomic E-state index is 13.3. The minimum absolute atomic E-state index is 0.0198. The predicted octanol–water partition coefficient (Wildman–Crippen LogP) is 2.63. The van der Waals surface area contributed by atoms with E-state index in [2.05, 4.69) is 15.0 Å². The van der Waals surface area contributed by atoms with E-state index in [4.69, 9.17) is 9.47 Å². The molecule has 0 amide bonds. The van der Waals surface area contributed by atoms with Gasteiger partial charge in [-0.05, 0) is 18.6 Å². The van der Waals surface area contributed by atoms with Gasteiger partial charge in [0.2, 0.25) is 27.4 Å². The molecule has 14 heteroatoms. The number of hydrogen-bond donors (Lipinski definition) is 1. The van der Waals surface area contributed by atoms with Crippen molar-refractivity contribution in [2.45, 2.75) is 36.3 Å². The lowest BCUT2D eigenvalue weighted by Crippen LogP contribution is -2.23. The van der Waals surface area contributed by atoms with Gasteiger partial charge < -0.3 is 14.6 Å². The van der Waals surface area contributed by atoms with E-state index in [1.54, 1.807) is 0 Å². The Labute approximate surface area is 191 Å². The third-order valence-corrected chi connectivity index (χ3v) is 6.20. The van der Waals surface area contributed by atoms with Crippen molar-refractivity contribution in [2.24, 2.45) is 0 Å².